The first-order chi connectivity index (χ1) is 36.2. The van der Waals surface area contributed by atoms with Crippen LogP contribution in [0.1, 0.15) is 112 Å². The molecular formula is C55H74N12O9. The van der Waals surface area contributed by atoms with E-state index in [1.165, 1.54) is 9.58 Å². The predicted molar refractivity (Wildman–Crippen MR) is 286 cm³/mol. The highest BCUT2D eigenvalue weighted by Gasteiger charge is 2.46. The number of pyridine rings is 1. The Labute approximate surface area is 445 Å². The normalized spacial score (nSPS) is 17.6. The number of carbonyl (C=O) groups excluding carboxylic acids is 6. The zero-order valence-electron chi connectivity index (χ0n) is 45.2. The standard InChI is InChI=1S/C55H74N12O9/c1-11-41(36-15-13-12-14-16-36)62-52(71)43-29-38(31-66(43)54(73)48(55(5,6)7)63-51(70)34(3)57-8)61-46(69)20-24-75-26-25-74-23-19-45(68)59-21-22-67-50(58-9)47-37-28-44(49(56)60-30-37)76-35(4)40-27-33(2)17-18-39(40)53(72)65(10)32-42(47)64-67/h12-18,27-28,30,34-35,38,41,43,48,57H,11,19-26,29,31-32H2,1-8,10H3,(H2,56,60)(H,59,68)(H,61,69)(H,62,71)(H,63,70)/t34-,35+,38-,41+,43-,48+/m0/s1. The third kappa shape index (κ3) is 14.7. The Balaban J connectivity index is 0.963. The predicted octanol–water partition coefficient (Wildman–Crippen LogP) is 4.53. The number of carbonyl (C=O) groups is 6. The third-order valence-corrected chi connectivity index (χ3v) is 13.6. The molecule has 2 aliphatic rings. The molecule has 0 radical (unpaired) electrons. The number of likely N-dealkylation sites (N-methyl/N-ethyl adjacent to an activating group) is 1. The van der Waals surface area contributed by atoms with E-state index >= 15 is 0 Å². The highest BCUT2D eigenvalue weighted by Crippen LogP contribution is 2.39. The summed E-state index contributed by atoms with van der Waals surface area (Å²) in [5.41, 5.74) is 10.1. The molecule has 408 valence electrons. The van der Waals surface area contributed by atoms with Crippen LogP contribution in [0.3, 0.4) is 0 Å². The number of hydrogen-bond acceptors (Lipinski definition) is 13. The van der Waals surface area contributed by atoms with E-state index in [-0.39, 0.29) is 119 Å². The van der Waals surface area contributed by atoms with Crippen LogP contribution in [0.25, 0.3) is 16.0 Å². The fourth-order valence-corrected chi connectivity index (χ4v) is 9.19. The summed E-state index contributed by atoms with van der Waals surface area (Å²) in [5, 5.41) is 19.5. The highest BCUT2D eigenvalue weighted by atomic mass is 16.5. The molecule has 1 saturated heterocycles. The molecule has 4 heterocycles. The Morgan fingerprint density at radius 1 is 0.987 bits per heavy atom. The molecule has 21 nitrogen and oxygen atoms in total. The first-order valence-corrected chi connectivity index (χ1v) is 25.8. The number of anilines is 1. The molecule has 21 heteroatoms. The van der Waals surface area contributed by atoms with Gasteiger partial charge in [0.25, 0.3) is 11.7 Å². The molecule has 1 fully saturated rings. The molecule has 4 aromatic rings. The summed E-state index contributed by atoms with van der Waals surface area (Å²) in [5.74, 6) is -1.29. The Morgan fingerprint density at radius 2 is 1.68 bits per heavy atom. The molecule has 6 amide bonds. The number of nitrogens with two attached hydrogens (primary N) is 1. The number of aromatic nitrogens is 3. The van der Waals surface area contributed by atoms with Gasteiger partial charge in [0.1, 0.15) is 30.4 Å². The number of ether oxygens (including phenoxy) is 3. The molecule has 0 spiro atoms. The second-order valence-electron chi connectivity index (χ2n) is 20.4. The fourth-order valence-electron chi connectivity index (χ4n) is 9.19. The molecule has 0 saturated carbocycles. The van der Waals surface area contributed by atoms with E-state index < -0.39 is 41.6 Å². The van der Waals surface area contributed by atoms with Gasteiger partial charge in [-0.25, -0.2) is 4.98 Å². The van der Waals surface area contributed by atoms with Gasteiger partial charge >= 0.3 is 0 Å². The SMILES string of the molecule is [C-]#[N+]c1c2c(nn1CCNC(=O)CCOCCOCCC(=O)N[C@H]1C[C@@H](C(=O)N[C@H](CC)c3ccccc3)N(C(=O)[C@@H](NC(=O)[C@H](C)NC)C(C)(C)C)C1)CN(C)C(=O)c1ccc(C)cc1[C@@H](C)Oc1cc-2cnc1N. The number of likely N-dealkylation sites (tertiary alicyclic amines) is 1. The quantitative estimate of drug-likeness (QED) is 0.0496. The van der Waals surface area contributed by atoms with Crippen LogP contribution in [0.15, 0.2) is 60.8 Å². The Bertz CT molecular complexity index is 2750. The summed E-state index contributed by atoms with van der Waals surface area (Å²) in [4.78, 5) is 92.5. The van der Waals surface area contributed by atoms with Gasteiger partial charge in [0, 0.05) is 55.4 Å². The maximum absolute atomic E-state index is 14.4. The number of nitrogens with zero attached hydrogens (tertiary/aromatic N) is 6. The Morgan fingerprint density at radius 3 is 2.34 bits per heavy atom. The van der Waals surface area contributed by atoms with E-state index in [1.807, 2.05) is 84.0 Å². The van der Waals surface area contributed by atoms with Crippen molar-refractivity contribution in [3.05, 3.63) is 100 Å². The number of rotatable bonds is 21. The zero-order valence-corrected chi connectivity index (χ0v) is 45.2. The maximum Gasteiger partial charge on any atom is 0.260 e. The molecule has 2 aromatic heterocycles. The van der Waals surface area contributed by atoms with Crippen molar-refractivity contribution in [1.82, 2.24) is 51.1 Å². The number of fused-ring (bicyclic) bond motifs is 5. The molecular weight excluding hydrogens is 973 g/mol. The van der Waals surface area contributed by atoms with Gasteiger partial charge in [0.15, 0.2) is 11.6 Å². The minimum absolute atomic E-state index is 0.0152. The van der Waals surface area contributed by atoms with Gasteiger partial charge in [-0.05, 0) is 69.3 Å². The van der Waals surface area contributed by atoms with Gasteiger partial charge in [-0.3, -0.25) is 28.8 Å². The first-order valence-electron chi connectivity index (χ1n) is 25.8. The topological polar surface area (TPSA) is 258 Å². The summed E-state index contributed by atoms with van der Waals surface area (Å²) in [6.07, 6.45) is 1.88. The number of aryl methyl sites for hydroxylation is 1. The Kier molecular flexibility index (Phi) is 20.1. The number of nitrogen functional groups attached to an aromatic ring is 1. The number of amides is 6. The second-order valence-corrected chi connectivity index (χ2v) is 20.4. The molecule has 0 unspecified atom stereocenters. The zero-order chi connectivity index (χ0) is 55.3. The second kappa shape index (κ2) is 26.4. The van der Waals surface area contributed by atoms with Gasteiger partial charge in [-0.15, -0.1) is 5.10 Å². The summed E-state index contributed by atoms with van der Waals surface area (Å²) in [6, 6.07) is 13.6. The van der Waals surface area contributed by atoms with E-state index in [1.54, 1.807) is 44.2 Å². The monoisotopic (exact) mass is 1050 g/mol. The van der Waals surface area contributed by atoms with E-state index in [4.69, 9.17) is 31.6 Å². The lowest BCUT2D eigenvalue weighted by Gasteiger charge is -2.36. The van der Waals surface area contributed by atoms with Crippen LogP contribution >= 0.6 is 0 Å². The molecule has 2 aliphatic heterocycles. The van der Waals surface area contributed by atoms with Crippen LogP contribution in [-0.4, -0.2) is 138 Å². The van der Waals surface area contributed by atoms with E-state index in [9.17, 15) is 28.8 Å². The summed E-state index contributed by atoms with van der Waals surface area (Å²) in [7, 11) is 3.33. The van der Waals surface area contributed by atoms with Crippen molar-refractivity contribution in [2.45, 2.75) is 124 Å². The van der Waals surface area contributed by atoms with Crippen LogP contribution in [-0.2, 0) is 46.5 Å². The van der Waals surface area contributed by atoms with Crippen LogP contribution in [0.2, 0.25) is 0 Å². The maximum atomic E-state index is 14.4. The number of hydrogen-bond donors (Lipinski definition) is 6. The lowest BCUT2D eigenvalue weighted by atomic mass is 9.85. The van der Waals surface area contributed by atoms with Crippen LogP contribution in [0.5, 0.6) is 5.75 Å². The van der Waals surface area contributed by atoms with Crippen molar-refractivity contribution in [3.8, 4) is 16.9 Å². The first kappa shape index (κ1) is 57.9. The van der Waals surface area contributed by atoms with Crippen LogP contribution < -0.4 is 37.1 Å². The van der Waals surface area contributed by atoms with Crippen molar-refractivity contribution in [2.24, 2.45) is 5.41 Å². The molecule has 0 aliphatic carbocycles. The van der Waals surface area contributed by atoms with Gasteiger partial charge in [0.2, 0.25) is 29.5 Å². The van der Waals surface area contributed by atoms with Gasteiger partial charge < -0.3 is 61.2 Å². The minimum atomic E-state index is -0.947. The summed E-state index contributed by atoms with van der Waals surface area (Å²) >= 11 is 0. The minimum Gasteiger partial charge on any atom is -0.482 e. The van der Waals surface area contributed by atoms with Crippen molar-refractivity contribution in [2.75, 3.05) is 59.3 Å². The van der Waals surface area contributed by atoms with E-state index in [0.717, 1.165) is 11.1 Å². The lowest BCUT2D eigenvalue weighted by molar-refractivity contribution is -0.144. The summed E-state index contributed by atoms with van der Waals surface area (Å²) < 4.78 is 19.1. The average Bonchev–Trinajstić information content (AvgIpc) is 3.99. The van der Waals surface area contributed by atoms with E-state index in [2.05, 4.69) is 36.4 Å². The van der Waals surface area contributed by atoms with Crippen LogP contribution in [0.4, 0.5) is 11.6 Å². The fraction of sp³-hybridized carbons (Fsp3) is 0.509. The van der Waals surface area contributed by atoms with Crippen LogP contribution in [0, 0.1) is 18.9 Å². The van der Waals surface area contributed by atoms with Crippen molar-refractivity contribution in [1.29, 1.82) is 0 Å². The average molecular weight is 1050 g/mol. The highest BCUT2D eigenvalue weighted by molar-refractivity contribution is 5.96. The summed E-state index contributed by atoms with van der Waals surface area (Å²) in [6.45, 7) is 22.1. The van der Waals surface area contributed by atoms with Gasteiger partial charge in [0.05, 0.1) is 51.6 Å². The van der Waals surface area contributed by atoms with Crippen molar-refractivity contribution in [3.63, 3.8) is 0 Å². The smallest absolute Gasteiger partial charge is 0.260 e. The lowest BCUT2D eigenvalue weighted by Crippen LogP contribution is -2.59. The molecule has 6 atom stereocenters. The number of benzene rings is 2. The van der Waals surface area contributed by atoms with E-state index in [0.29, 0.717) is 40.1 Å². The van der Waals surface area contributed by atoms with Gasteiger partial charge in [-0.2, -0.15) is 4.68 Å². The van der Waals surface area contributed by atoms with Crippen molar-refractivity contribution >= 4 is 47.1 Å². The third-order valence-electron chi connectivity index (χ3n) is 13.6. The van der Waals surface area contributed by atoms with Gasteiger partial charge in [-0.1, -0.05) is 82.3 Å². The van der Waals surface area contributed by atoms with Crippen molar-refractivity contribution < 1.29 is 43.0 Å². The molecule has 2 aromatic carbocycles. The molecule has 7 N–H and O–H groups in total. The molecule has 76 heavy (non-hydrogen) atoms. The largest absolute Gasteiger partial charge is 0.482 e. The number of nitrogens with one attached hydrogen (secondary N) is 5. The Hall–Kier alpha value is -7.41. The molecule has 2 bridgehead atoms. The molecule has 6 rings (SSSR count).